The van der Waals surface area contributed by atoms with Crippen molar-refractivity contribution in [1.29, 1.82) is 0 Å². The number of halogens is 1. The van der Waals surface area contributed by atoms with E-state index < -0.39 is 0 Å². The van der Waals surface area contributed by atoms with Gasteiger partial charge in [0.1, 0.15) is 0 Å². The zero-order valence-corrected chi connectivity index (χ0v) is 11.0. The highest BCUT2D eigenvalue weighted by atomic mass is 35.5. The number of aliphatic hydroxyl groups is 1. The van der Waals surface area contributed by atoms with Gasteiger partial charge in [-0.1, -0.05) is 17.7 Å². The summed E-state index contributed by atoms with van der Waals surface area (Å²) < 4.78 is 0. The molecule has 0 bridgehead atoms. The summed E-state index contributed by atoms with van der Waals surface area (Å²) in [6, 6.07) is 5.06. The lowest BCUT2D eigenvalue weighted by Crippen LogP contribution is -2.39. The molecule has 3 N–H and O–H groups in total. The largest absolute Gasteiger partial charge is 0.398 e. The van der Waals surface area contributed by atoms with Gasteiger partial charge >= 0.3 is 0 Å². The monoisotopic (exact) mass is 268 g/mol. The first-order valence-electron chi connectivity index (χ1n) is 5.96. The molecule has 0 spiro atoms. The average molecular weight is 269 g/mol. The molecule has 0 aromatic heterocycles. The van der Waals surface area contributed by atoms with Crippen LogP contribution in [-0.4, -0.2) is 35.6 Å². The van der Waals surface area contributed by atoms with E-state index in [0.717, 1.165) is 12.8 Å². The van der Waals surface area contributed by atoms with Crippen molar-refractivity contribution in [2.75, 3.05) is 19.3 Å². The summed E-state index contributed by atoms with van der Waals surface area (Å²) in [5.41, 5.74) is 6.52. The molecular formula is C13H17ClN2O2. The number of aliphatic hydroxyl groups excluding tert-OH is 1. The third kappa shape index (κ3) is 2.60. The molecule has 0 saturated heterocycles. The second kappa shape index (κ2) is 5.16. The first-order valence-corrected chi connectivity index (χ1v) is 6.34. The zero-order chi connectivity index (χ0) is 13.3. The molecule has 0 heterocycles. The van der Waals surface area contributed by atoms with Crippen LogP contribution in [0.25, 0.3) is 0 Å². The Balaban J connectivity index is 2.04. The Morgan fingerprint density at radius 1 is 1.56 bits per heavy atom. The van der Waals surface area contributed by atoms with Crippen LogP contribution in [0.15, 0.2) is 18.2 Å². The smallest absolute Gasteiger partial charge is 0.255 e. The van der Waals surface area contributed by atoms with Crippen LogP contribution in [-0.2, 0) is 0 Å². The maximum Gasteiger partial charge on any atom is 0.255 e. The van der Waals surface area contributed by atoms with E-state index >= 15 is 0 Å². The number of benzene rings is 1. The van der Waals surface area contributed by atoms with Gasteiger partial charge in [-0.3, -0.25) is 4.79 Å². The summed E-state index contributed by atoms with van der Waals surface area (Å²) in [6.45, 7) is 0.640. The van der Waals surface area contributed by atoms with Crippen LogP contribution in [0.4, 0.5) is 5.69 Å². The maximum absolute atomic E-state index is 12.2. The van der Waals surface area contributed by atoms with Gasteiger partial charge in [-0.25, -0.2) is 0 Å². The number of nitrogen functional groups attached to an aromatic ring is 1. The quantitative estimate of drug-likeness (QED) is 0.821. The van der Waals surface area contributed by atoms with Gasteiger partial charge in [0.05, 0.1) is 22.4 Å². The summed E-state index contributed by atoms with van der Waals surface area (Å²) in [6.07, 6.45) is 1.33. The van der Waals surface area contributed by atoms with E-state index in [1.807, 2.05) is 0 Å². The molecule has 5 heteroatoms. The topological polar surface area (TPSA) is 66.6 Å². The molecule has 1 aromatic rings. The van der Waals surface area contributed by atoms with Crippen LogP contribution in [0.3, 0.4) is 0 Å². The fraction of sp³-hybridized carbons (Fsp3) is 0.462. The molecule has 1 aliphatic carbocycles. The number of rotatable bonds is 3. The fourth-order valence-electron chi connectivity index (χ4n) is 2.24. The zero-order valence-electron chi connectivity index (χ0n) is 10.3. The van der Waals surface area contributed by atoms with Crippen molar-refractivity contribution in [3.05, 3.63) is 28.8 Å². The summed E-state index contributed by atoms with van der Waals surface area (Å²) in [5, 5.41) is 9.53. The summed E-state index contributed by atoms with van der Waals surface area (Å²) in [5.74, 6) is 0.252. The van der Waals surface area contributed by atoms with Crippen molar-refractivity contribution in [3.63, 3.8) is 0 Å². The Kier molecular flexibility index (Phi) is 3.78. The van der Waals surface area contributed by atoms with Gasteiger partial charge in [0.25, 0.3) is 5.91 Å². The lowest BCUT2D eigenvalue weighted by molar-refractivity contribution is 0.0265. The van der Waals surface area contributed by atoms with Crippen molar-refractivity contribution < 1.29 is 9.90 Å². The number of anilines is 1. The third-order valence-corrected chi connectivity index (χ3v) is 3.77. The van der Waals surface area contributed by atoms with E-state index in [9.17, 15) is 9.90 Å². The molecule has 4 nitrogen and oxygen atoms in total. The van der Waals surface area contributed by atoms with E-state index in [2.05, 4.69) is 0 Å². The molecule has 1 aromatic carbocycles. The van der Waals surface area contributed by atoms with Crippen molar-refractivity contribution in [1.82, 2.24) is 4.90 Å². The summed E-state index contributed by atoms with van der Waals surface area (Å²) in [7, 11) is 1.74. The van der Waals surface area contributed by atoms with Crippen molar-refractivity contribution >= 4 is 23.2 Å². The number of nitrogens with zero attached hydrogens (tertiary/aromatic N) is 1. The molecule has 0 atom stereocenters. The molecule has 18 heavy (non-hydrogen) atoms. The number of amides is 1. The van der Waals surface area contributed by atoms with Gasteiger partial charge in [0.2, 0.25) is 0 Å². The highest BCUT2D eigenvalue weighted by molar-refractivity contribution is 6.36. The molecule has 1 saturated carbocycles. The summed E-state index contributed by atoms with van der Waals surface area (Å²) >= 11 is 6.03. The lowest BCUT2D eigenvalue weighted by Gasteiger charge is -2.34. The second-order valence-electron chi connectivity index (χ2n) is 4.89. The first-order chi connectivity index (χ1) is 8.49. The Hall–Kier alpha value is -1.26. The highest BCUT2D eigenvalue weighted by Crippen LogP contribution is 2.29. The Morgan fingerprint density at radius 3 is 2.83 bits per heavy atom. The van der Waals surface area contributed by atoms with Gasteiger partial charge in [-0.2, -0.15) is 0 Å². The predicted octanol–water partition coefficient (Wildman–Crippen LogP) is 1.77. The van der Waals surface area contributed by atoms with Crippen LogP contribution >= 0.6 is 11.6 Å². The van der Waals surface area contributed by atoms with E-state index in [1.54, 1.807) is 30.1 Å². The predicted molar refractivity (Wildman–Crippen MR) is 71.6 cm³/mol. The van der Waals surface area contributed by atoms with E-state index in [0.29, 0.717) is 28.7 Å². The van der Waals surface area contributed by atoms with E-state index in [-0.39, 0.29) is 12.0 Å². The second-order valence-corrected chi connectivity index (χ2v) is 5.26. The number of hydrogen-bond acceptors (Lipinski definition) is 3. The minimum atomic E-state index is -0.200. The average Bonchev–Trinajstić information content (AvgIpc) is 2.30. The van der Waals surface area contributed by atoms with Gasteiger partial charge < -0.3 is 15.7 Å². The molecule has 98 valence electrons. The number of hydrogen-bond donors (Lipinski definition) is 2. The van der Waals surface area contributed by atoms with Crippen molar-refractivity contribution in [2.45, 2.75) is 18.9 Å². The molecule has 0 unspecified atom stereocenters. The van der Waals surface area contributed by atoms with Crippen molar-refractivity contribution in [2.24, 2.45) is 5.92 Å². The Bertz CT molecular complexity index is 458. The SMILES string of the molecule is CN(CC1CC(O)C1)C(=O)c1cccc(N)c1Cl. The Labute approximate surface area is 111 Å². The highest BCUT2D eigenvalue weighted by Gasteiger charge is 2.29. The maximum atomic E-state index is 12.2. The molecule has 0 radical (unpaired) electrons. The normalized spacial score (nSPS) is 22.4. The van der Waals surface area contributed by atoms with Gasteiger partial charge in [-0.15, -0.1) is 0 Å². The van der Waals surface area contributed by atoms with Crippen LogP contribution in [0, 0.1) is 5.92 Å². The first kappa shape index (κ1) is 13.2. The number of carbonyl (C=O) groups excluding carboxylic acids is 1. The fourth-order valence-corrected chi connectivity index (χ4v) is 2.45. The molecule has 1 fully saturated rings. The minimum Gasteiger partial charge on any atom is -0.398 e. The minimum absolute atomic E-state index is 0.131. The van der Waals surface area contributed by atoms with Crippen LogP contribution < -0.4 is 5.73 Å². The van der Waals surface area contributed by atoms with Crippen molar-refractivity contribution in [3.8, 4) is 0 Å². The standard InChI is InChI=1S/C13H17ClN2O2/c1-16(7-8-5-9(17)6-8)13(18)10-3-2-4-11(15)12(10)14/h2-4,8-9,17H,5-7,15H2,1H3. The molecule has 0 aliphatic heterocycles. The number of carbonyl (C=O) groups is 1. The number of nitrogens with two attached hydrogens (primary N) is 1. The summed E-state index contributed by atoms with van der Waals surface area (Å²) in [4.78, 5) is 13.8. The third-order valence-electron chi connectivity index (χ3n) is 3.35. The van der Waals surface area contributed by atoms with Crippen LogP contribution in [0.1, 0.15) is 23.2 Å². The molecule has 2 rings (SSSR count). The van der Waals surface area contributed by atoms with E-state index in [4.69, 9.17) is 17.3 Å². The van der Waals surface area contributed by atoms with Gasteiger partial charge in [0, 0.05) is 13.6 Å². The lowest BCUT2D eigenvalue weighted by atomic mass is 9.82. The van der Waals surface area contributed by atoms with E-state index in [1.165, 1.54) is 0 Å². The molecule has 1 aliphatic rings. The van der Waals surface area contributed by atoms with Gasteiger partial charge in [-0.05, 0) is 30.9 Å². The molecular weight excluding hydrogens is 252 g/mol. The van der Waals surface area contributed by atoms with Gasteiger partial charge in [0.15, 0.2) is 0 Å². The Morgan fingerprint density at radius 2 is 2.22 bits per heavy atom. The molecule has 1 amide bonds. The van der Waals surface area contributed by atoms with Crippen LogP contribution in [0.5, 0.6) is 0 Å². The van der Waals surface area contributed by atoms with Crippen LogP contribution in [0.2, 0.25) is 5.02 Å².